The molecule has 3 nitrogen and oxygen atoms in total. The molecule has 1 unspecified atom stereocenters. The Balaban J connectivity index is 2.04. The van der Waals surface area contributed by atoms with Crippen LogP contribution in [0.15, 0.2) is 24.3 Å². The molecule has 0 radical (unpaired) electrons. The number of hydrogen-bond acceptors (Lipinski definition) is 3. The Labute approximate surface area is 108 Å². The van der Waals surface area contributed by atoms with Crippen molar-refractivity contribution in [2.75, 3.05) is 13.2 Å². The molecule has 1 aromatic rings. The zero-order valence-electron chi connectivity index (χ0n) is 10.7. The predicted molar refractivity (Wildman–Crippen MR) is 70.9 cm³/mol. The van der Waals surface area contributed by atoms with Crippen LogP contribution in [0.4, 0.5) is 0 Å². The Morgan fingerprint density at radius 1 is 1.17 bits per heavy atom. The van der Waals surface area contributed by atoms with Gasteiger partial charge in [0.2, 0.25) is 0 Å². The van der Waals surface area contributed by atoms with E-state index in [9.17, 15) is 5.11 Å². The summed E-state index contributed by atoms with van der Waals surface area (Å²) < 4.78 is 5.63. The molecule has 100 valence electrons. The van der Waals surface area contributed by atoms with Crippen molar-refractivity contribution < 1.29 is 14.9 Å². The van der Waals surface area contributed by atoms with Gasteiger partial charge in [-0.05, 0) is 30.4 Å². The first-order chi connectivity index (χ1) is 8.81. The van der Waals surface area contributed by atoms with Gasteiger partial charge < -0.3 is 14.9 Å². The first kappa shape index (κ1) is 13.4. The largest absolute Gasteiger partial charge is 0.491 e. The van der Waals surface area contributed by atoms with Crippen molar-refractivity contribution in [3.8, 4) is 5.75 Å². The van der Waals surface area contributed by atoms with Gasteiger partial charge in [0.05, 0.1) is 6.61 Å². The Morgan fingerprint density at radius 2 is 1.89 bits per heavy atom. The highest BCUT2D eigenvalue weighted by molar-refractivity contribution is 5.36. The van der Waals surface area contributed by atoms with Crippen molar-refractivity contribution in [1.82, 2.24) is 0 Å². The third-order valence-corrected chi connectivity index (χ3v) is 3.61. The maximum absolute atomic E-state index is 9.35. The molecule has 1 atom stereocenters. The molecule has 0 saturated heterocycles. The van der Waals surface area contributed by atoms with Gasteiger partial charge in [-0.2, -0.15) is 0 Å². The fourth-order valence-electron chi connectivity index (χ4n) is 2.60. The number of aliphatic hydroxyl groups excluding tert-OH is 2. The van der Waals surface area contributed by atoms with E-state index in [-0.39, 0.29) is 13.2 Å². The van der Waals surface area contributed by atoms with Crippen molar-refractivity contribution in [2.45, 2.75) is 44.1 Å². The topological polar surface area (TPSA) is 49.7 Å². The minimum atomic E-state index is -0.801. The smallest absolute Gasteiger partial charge is 0.122 e. The molecule has 1 aromatic carbocycles. The molecule has 0 bridgehead atoms. The zero-order chi connectivity index (χ0) is 12.8. The SMILES string of the molecule is OCC(O)COc1ccccc1C1CCCCC1. The maximum Gasteiger partial charge on any atom is 0.122 e. The summed E-state index contributed by atoms with van der Waals surface area (Å²) in [6.07, 6.45) is 5.56. The fraction of sp³-hybridized carbons (Fsp3) is 0.600. The highest BCUT2D eigenvalue weighted by Gasteiger charge is 2.19. The molecule has 0 spiro atoms. The van der Waals surface area contributed by atoms with E-state index in [1.54, 1.807) is 0 Å². The van der Waals surface area contributed by atoms with Gasteiger partial charge in [-0.3, -0.25) is 0 Å². The van der Waals surface area contributed by atoms with E-state index in [1.165, 1.54) is 37.7 Å². The standard InChI is InChI=1S/C15H22O3/c16-10-13(17)11-18-15-9-5-4-8-14(15)12-6-2-1-3-7-12/h4-5,8-9,12-13,16-17H,1-3,6-7,10-11H2. The molecule has 1 aliphatic rings. The first-order valence-corrected chi connectivity index (χ1v) is 6.82. The normalized spacial score (nSPS) is 18.6. The van der Waals surface area contributed by atoms with E-state index in [4.69, 9.17) is 9.84 Å². The third-order valence-electron chi connectivity index (χ3n) is 3.61. The van der Waals surface area contributed by atoms with Gasteiger partial charge in [0.25, 0.3) is 0 Å². The molecule has 2 N–H and O–H groups in total. The van der Waals surface area contributed by atoms with E-state index in [2.05, 4.69) is 6.07 Å². The van der Waals surface area contributed by atoms with Crippen molar-refractivity contribution >= 4 is 0 Å². The average molecular weight is 250 g/mol. The second-order valence-corrected chi connectivity index (χ2v) is 5.02. The van der Waals surface area contributed by atoms with Crippen LogP contribution in [0.3, 0.4) is 0 Å². The summed E-state index contributed by atoms with van der Waals surface area (Å²) in [6.45, 7) is -0.105. The lowest BCUT2D eigenvalue weighted by Crippen LogP contribution is -2.22. The Morgan fingerprint density at radius 3 is 2.61 bits per heavy atom. The molecule has 1 aliphatic carbocycles. The highest BCUT2D eigenvalue weighted by Crippen LogP contribution is 2.37. The molecule has 0 heterocycles. The van der Waals surface area contributed by atoms with Gasteiger partial charge in [-0.25, -0.2) is 0 Å². The molecule has 1 fully saturated rings. The van der Waals surface area contributed by atoms with E-state index >= 15 is 0 Å². The minimum absolute atomic E-state index is 0.153. The third kappa shape index (κ3) is 3.47. The van der Waals surface area contributed by atoms with Gasteiger partial charge >= 0.3 is 0 Å². The monoisotopic (exact) mass is 250 g/mol. The molecule has 0 aliphatic heterocycles. The number of rotatable bonds is 5. The lowest BCUT2D eigenvalue weighted by atomic mass is 9.84. The summed E-state index contributed by atoms with van der Waals surface area (Å²) in [5, 5.41) is 18.1. The van der Waals surface area contributed by atoms with E-state index < -0.39 is 6.10 Å². The van der Waals surface area contributed by atoms with Crippen LogP contribution >= 0.6 is 0 Å². The van der Waals surface area contributed by atoms with Gasteiger partial charge in [0, 0.05) is 0 Å². The van der Waals surface area contributed by atoms with Crippen LogP contribution in [-0.2, 0) is 0 Å². The van der Waals surface area contributed by atoms with Crippen LogP contribution in [0.25, 0.3) is 0 Å². The van der Waals surface area contributed by atoms with E-state index in [1.807, 2.05) is 18.2 Å². The number of benzene rings is 1. The molecular weight excluding hydrogens is 228 g/mol. The zero-order valence-corrected chi connectivity index (χ0v) is 10.7. The molecule has 3 heteroatoms. The summed E-state index contributed by atoms with van der Waals surface area (Å²) >= 11 is 0. The summed E-state index contributed by atoms with van der Waals surface area (Å²) in [7, 11) is 0. The van der Waals surface area contributed by atoms with Crippen LogP contribution in [0.1, 0.15) is 43.6 Å². The molecule has 1 saturated carbocycles. The number of aliphatic hydroxyl groups is 2. The van der Waals surface area contributed by atoms with Crippen LogP contribution in [-0.4, -0.2) is 29.5 Å². The first-order valence-electron chi connectivity index (χ1n) is 6.82. The molecular formula is C15H22O3. The van der Waals surface area contributed by atoms with Crippen molar-refractivity contribution in [2.24, 2.45) is 0 Å². The summed E-state index contributed by atoms with van der Waals surface area (Å²) in [4.78, 5) is 0. The molecule has 2 rings (SSSR count). The fourth-order valence-corrected chi connectivity index (χ4v) is 2.60. The Kier molecular flexibility index (Phi) is 5.02. The number of hydrogen-bond donors (Lipinski definition) is 2. The van der Waals surface area contributed by atoms with Gasteiger partial charge in [0.15, 0.2) is 0 Å². The second kappa shape index (κ2) is 6.76. The Hall–Kier alpha value is -1.06. The molecule has 0 amide bonds. The van der Waals surface area contributed by atoms with Crippen molar-refractivity contribution in [1.29, 1.82) is 0 Å². The number of para-hydroxylation sites is 1. The van der Waals surface area contributed by atoms with Gasteiger partial charge in [-0.1, -0.05) is 37.5 Å². The van der Waals surface area contributed by atoms with Gasteiger partial charge in [0.1, 0.15) is 18.5 Å². The lowest BCUT2D eigenvalue weighted by molar-refractivity contribution is 0.0531. The lowest BCUT2D eigenvalue weighted by Gasteiger charge is -2.24. The summed E-state index contributed by atoms with van der Waals surface area (Å²) in [5.41, 5.74) is 1.25. The quantitative estimate of drug-likeness (QED) is 0.844. The Bertz CT molecular complexity index is 359. The van der Waals surface area contributed by atoms with Crippen LogP contribution in [0, 0.1) is 0 Å². The van der Waals surface area contributed by atoms with Crippen molar-refractivity contribution in [3.05, 3.63) is 29.8 Å². The average Bonchev–Trinajstić information content (AvgIpc) is 2.46. The van der Waals surface area contributed by atoms with Crippen LogP contribution < -0.4 is 4.74 Å². The van der Waals surface area contributed by atoms with Gasteiger partial charge in [-0.15, -0.1) is 0 Å². The van der Waals surface area contributed by atoms with Crippen LogP contribution in [0.2, 0.25) is 0 Å². The van der Waals surface area contributed by atoms with E-state index in [0.29, 0.717) is 5.92 Å². The minimum Gasteiger partial charge on any atom is -0.491 e. The molecule has 0 aromatic heterocycles. The summed E-state index contributed by atoms with van der Waals surface area (Å²) in [5.74, 6) is 1.44. The second-order valence-electron chi connectivity index (χ2n) is 5.02. The highest BCUT2D eigenvalue weighted by atomic mass is 16.5. The van der Waals surface area contributed by atoms with Crippen molar-refractivity contribution in [3.63, 3.8) is 0 Å². The van der Waals surface area contributed by atoms with E-state index in [0.717, 1.165) is 5.75 Å². The molecule has 18 heavy (non-hydrogen) atoms. The predicted octanol–water partition coefficient (Wildman–Crippen LogP) is 2.47. The maximum atomic E-state index is 9.35. The summed E-state index contributed by atoms with van der Waals surface area (Å²) in [6, 6.07) is 8.07. The number of ether oxygens (including phenoxy) is 1. The van der Waals surface area contributed by atoms with Crippen LogP contribution in [0.5, 0.6) is 5.75 Å².